The minimum atomic E-state index is -0.615. The van der Waals surface area contributed by atoms with Gasteiger partial charge in [-0.1, -0.05) is 6.07 Å². The van der Waals surface area contributed by atoms with E-state index in [-0.39, 0.29) is 18.3 Å². The Balaban J connectivity index is 1.61. The van der Waals surface area contributed by atoms with Gasteiger partial charge >= 0.3 is 5.82 Å². The van der Waals surface area contributed by atoms with Crippen LogP contribution in [0.3, 0.4) is 0 Å². The van der Waals surface area contributed by atoms with E-state index in [1.165, 1.54) is 23.1 Å². The number of benzene rings is 1. The van der Waals surface area contributed by atoms with E-state index in [1.807, 2.05) is 32.0 Å². The third-order valence-corrected chi connectivity index (χ3v) is 3.99. The highest BCUT2D eigenvalue weighted by atomic mass is 16.6. The van der Waals surface area contributed by atoms with Gasteiger partial charge in [0.1, 0.15) is 6.54 Å². The van der Waals surface area contributed by atoms with Crippen LogP contribution in [0.15, 0.2) is 42.9 Å². The summed E-state index contributed by atoms with van der Waals surface area (Å²) in [5.74, 6) is 0.686. The van der Waals surface area contributed by atoms with Gasteiger partial charge in [-0.25, -0.2) is 0 Å². The molecule has 1 N–H and O–H groups in total. The van der Waals surface area contributed by atoms with E-state index in [0.29, 0.717) is 36.9 Å². The van der Waals surface area contributed by atoms with Crippen molar-refractivity contribution < 1.29 is 19.2 Å². The molecule has 11 nitrogen and oxygen atoms in total. The first-order chi connectivity index (χ1) is 14.5. The van der Waals surface area contributed by atoms with Crippen LogP contribution < -0.4 is 14.8 Å². The molecule has 0 unspecified atom stereocenters. The van der Waals surface area contributed by atoms with Gasteiger partial charge < -0.3 is 24.9 Å². The van der Waals surface area contributed by atoms with E-state index in [0.717, 1.165) is 5.56 Å². The van der Waals surface area contributed by atoms with Gasteiger partial charge in [-0.15, -0.1) is 0 Å². The summed E-state index contributed by atoms with van der Waals surface area (Å²) >= 11 is 0. The molecule has 0 aliphatic carbocycles. The quantitative estimate of drug-likeness (QED) is 0.399. The van der Waals surface area contributed by atoms with E-state index in [4.69, 9.17) is 9.47 Å². The van der Waals surface area contributed by atoms with E-state index in [1.54, 1.807) is 10.9 Å². The summed E-state index contributed by atoms with van der Waals surface area (Å²) in [4.78, 5) is 22.2. The van der Waals surface area contributed by atoms with Crippen molar-refractivity contribution in [1.29, 1.82) is 0 Å². The molecule has 0 aliphatic heterocycles. The topological polar surface area (TPSA) is 126 Å². The number of hydrogen-bond donors (Lipinski definition) is 1. The Kier molecular flexibility index (Phi) is 6.63. The third-order valence-electron chi connectivity index (χ3n) is 3.99. The predicted molar refractivity (Wildman–Crippen MR) is 108 cm³/mol. The molecule has 158 valence electrons. The number of nitrogens with zero attached hydrogens (tertiary/aromatic N) is 5. The largest absolute Gasteiger partial charge is 0.490 e. The molecule has 3 aromatic rings. The van der Waals surface area contributed by atoms with Crippen LogP contribution in [0.5, 0.6) is 11.5 Å². The Morgan fingerprint density at radius 2 is 1.93 bits per heavy atom. The smallest absolute Gasteiger partial charge is 0.389 e. The summed E-state index contributed by atoms with van der Waals surface area (Å²) in [5, 5.41) is 21.3. The number of carbonyl (C=O) groups excluding carboxylic acids is 1. The maximum Gasteiger partial charge on any atom is 0.389 e. The maximum atomic E-state index is 12.1. The van der Waals surface area contributed by atoms with Crippen LogP contribution in [0.1, 0.15) is 19.4 Å². The molecule has 3 rings (SSSR count). The van der Waals surface area contributed by atoms with Gasteiger partial charge in [-0.2, -0.15) is 9.78 Å². The molecule has 0 atom stereocenters. The second-order valence-corrected chi connectivity index (χ2v) is 6.25. The minimum absolute atomic E-state index is 0.143. The fraction of sp³-hybridized carbons (Fsp3) is 0.316. The van der Waals surface area contributed by atoms with Crippen molar-refractivity contribution >= 4 is 17.4 Å². The number of hydrogen-bond acceptors (Lipinski definition) is 7. The molecule has 0 fully saturated rings. The van der Waals surface area contributed by atoms with Crippen molar-refractivity contribution in [3.63, 3.8) is 0 Å². The molecule has 0 bridgehead atoms. The predicted octanol–water partition coefficient (Wildman–Crippen LogP) is 2.47. The van der Waals surface area contributed by atoms with Crippen LogP contribution in [0.2, 0.25) is 0 Å². The zero-order valence-electron chi connectivity index (χ0n) is 16.6. The molecule has 1 amide bonds. The van der Waals surface area contributed by atoms with E-state index < -0.39 is 4.92 Å². The Hall–Kier alpha value is -3.89. The fourth-order valence-electron chi connectivity index (χ4n) is 2.78. The van der Waals surface area contributed by atoms with Crippen LogP contribution in [0.4, 0.5) is 11.5 Å². The number of carbonyl (C=O) groups is 1. The fourth-order valence-corrected chi connectivity index (χ4v) is 2.78. The number of ether oxygens (including phenoxy) is 2. The van der Waals surface area contributed by atoms with Crippen LogP contribution in [0, 0.1) is 10.1 Å². The molecule has 1 aromatic carbocycles. The van der Waals surface area contributed by atoms with Gasteiger partial charge in [-0.3, -0.25) is 9.48 Å². The highest BCUT2D eigenvalue weighted by Gasteiger charge is 2.14. The van der Waals surface area contributed by atoms with Crippen molar-refractivity contribution in [2.24, 2.45) is 0 Å². The maximum absolute atomic E-state index is 12.1. The van der Waals surface area contributed by atoms with Crippen molar-refractivity contribution in [2.45, 2.75) is 26.9 Å². The van der Waals surface area contributed by atoms with E-state index in [2.05, 4.69) is 15.5 Å². The lowest BCUT2D eigenvalue weighted by Crippen LogP contribution is -2.18. The molecule has 0 saturated heterocycles. The number of anilines is 1. The monoisotopic (exact) mass is 414 g/mol. The number of nitro groups is 1. The van der Waals surface area contributed by atoms with Gasteiger partial charge in [0, 0.05) is 6.20 Å². The molecule has 2 heterocycles. The van der Waals surface area contributed by atoms with Gasteiger partial charge in [0.2, 0.25) is 5.91 Å². The lowest BCUT2D eigenvalue weighted by molar-refractivity contribution is -0.389. The van der Waals surface area contributed by atoms with Gasteiger partial charge in [-0.05, 0) is 36.5 Å². The summed E-state index contributed by atoms with van der Waals surface area (Å²) in [6, 6.07) is 6.93. The minimum Gasteiger partial charge on any atom is -0.490 e. The van der Waals surface area contributed by atoms with Gasteiger partial charge in [0.25, 0.3) is 0 Å². The van der Waals surface area contributed by atoms with Crippen molar-refractivity contribution in [1.82, 2.24) is 19.6 Å². The van der Waals surface area contributed by atoms with Crippen molar-refractivity contribution in [3.8, 4) is 11.5 Å². The Labute approximate surface area is 172 Å². The van der Waals surface area contributed by atoms with Crippen molar-refractivity contribution in [2.75, 3.05) is 18.5 Å². The van der Waals surface area contributed by atoms with Crippen LogP contribution in [0.25, 0.3) is 0 Å². The molecule has 30 heavy (non-hydrogen) atoms. The molecule has 0 saturated carbocycles. The normalized spacial score (nSPS) is 10.6. The Bertz CT molecular complexity index is 1030. The summed E-state index contributed by atoms with van der Waals surface area (Å²) in [6.07, 6.45) is 4.60. The molecule has 0 spiro atoms. The summed E-state index contributed by atoms with van der Waals surface area (Å²) < 4.78 is 14.1. The number of nitrogens with one attached hydrogen (secondary N) is 1. The third kappa shape index (κ3) is 5.34. The van der Waals surface area contributed by atoms with Gasteiger partial charge in [0.05, 0.1) is 49.0 Å². The molecular formula is C19H22N6O5. The number of rotatable bonds is 10. The zero-order chi connectivity index (χ0) is 21.5. The van der Waals surface area contributed by atoms with Crippen LogP contribution in [-0.4, -0.2) is 43.6 Å². The molecule has 0 aliphatic rings. The molecular weight excluding hydrogens is 392 g/mol. The second kappa shape index (κ2) is 9.54. The van der Waals surface area contributed by atoms with Crippen molar-refractivity contribution in [3.05, 3.63) is 58.5 Å². The Morgan fingerprint density at radius 3 is 2.63 bits per heavy atom. The van der Waals surface area contributed by atoms with Gasteiger partial charge in [0.15, 0.2) is 11.5 Å². The number of amides is 1. The van der Waals surface area contributed by atoms with Crippen LogP contribution >= 0.6 is 0 Å². The first-order valence-electron chi connectivity index (χ1n) is 9.37. The SMILES string of the molecule is CCOc1ccc(Cn2cc(NC(=O)Cn3ccc([N+](=O)[O-])n3)cn2)cc1OCC. The lowest BCUT2D eigenvalue weighted by atomic mass is 10.2. The highest BCUT2D eigenvalue weighted by molar-refractivity contribution is 5.90. The standard InChI is InChI=1S/C19H22N6O5/c1-3-29-16-6-5-14(9-17(16)30-4-2)11-24-12-15(10-20-24)21-19(26)13-23-8-7-18(22-23)25(27)28/h5-10,12H,3-4,11,13H2,1-2H3,(H,21,26). The average molecular weight is 414 g/mol. The first kappa shape index (κ1) is 20.8. The lowest BCUT2D eigenvalue weighted by Gasteiger charge is -2.12. The molecule has 2 aromatic heterocycles. The van der Waals surface area contributed by atoms with Crippen LogP contribution in [-0.2, 0) is 17.9 Å². The first-order valence-corrected chi connectivity index (χ1v) is 9.37. The summed E-state index contributed by atoms with van der Waals surface area (Å²) in [5.41, 5.74) is 1.48. The number of aromatic nitrogens is 4. The Morgan fingerprint density at radius 1 is 1.17 bits per heavy atom. The second-order valence-electron chi connectivity index (χ2n) is 6.25. The summed E-state index contributed by atoms with van der Waals surface area (Å²) in [7, 11) is 0. The average Bonchev–Trinajstić information content (AvgIpc) is 3.34. The van der Waals surface area contributed by atoms with E-state index in [9.17, 15) is 14.9 Å². The molecule has 0 radical (unpaired) electrons. The summed E-state index contributed by atoms with van der Waals surface area (Å²) in [6.45, 7) is 5.24. The van der Waals surface area contributed by atoms with E-state index >= 15 is 0 Å². The highest BCUT2D eigenvalue weighted by Crippen LogP contribution is 2.28. The zero-order valence-corrected chi connectivity index (χ0v) is 16.6. The molecule has 11 heteroatoms.